The molecular formula is C11H14N2. The van der Waals surface area contributed by atoms with Crippen LogP contribution >= 0.6 is 0 Å². The Kier molecular flexibility index (Phi) is 2.85. The van der Waals surface area contributed by atoms with Crippen LogP contribution in [0.25, 0.3) is 0 Å². The SMILES string of the molecule is Cc1ccc(C(=N)/C=C\N)c(C)c1. The van der Waals surface area contributed by atoms with E-state index in [2.05, 4.69) is 6.07 Å². The van der Waals surface area contributed by atoms with Gasteiger partial charge >= 0.3 is 0 Å². The molecule has 0 amide bonds. The van der Waals surface area contributed by atoms with Crippen LogP contribution in [-0.4, -0.2) is 5.71 Å². The van der Waals surface area contributed by atoms with Crippen molar-refractivity contribution in [3.05, 3.63) is 47.2 Å². The number of rotatable bonds is 2. The summed E-state index contributed by atoms with van der Waals surface area (Å²) in [6, 6.07) is 6.02. The van der Waals surface area contributed by atoms with Gasteiger partial charge in [-0.05, 0) is 31.7 Å². The van der Waals surface area contributed by atoms with Crippen molar-refractivity contribution in [1.29, 1.82) is 5.41 Å². The smallest absolute Gasteiger partial charge is 0.0629 e. The molecule has 1 rings (SSSR count). The normalized spacial score (nSPS) is 10.6. The molecule has 0 aliphatic carbocycles. The van der Waals surface area contributed by atoms with Crippen LogP contribution in [0.3, 0.4) is 0 Å². The monoisotopic (exact) mass is 174 g/mol. The molecular weight excluding hydrogens is 160 g/mol. The van der Waals surface area contributed by atoms with E-state index >= 15 is 0 Å². The summed E-state index contributed by atoms with van der Waals surface area (Å²) in [4.78, 5) is 0. The van der Waals surface area contributed by atoms with Crippen molar-refractivity contribution in [1.82, 2.24) is 0 Å². The van der Waals surface area contributed by atoms with Crippen molar-refractivity contribution in [3.63, 3.8) is 0 Å². The van der Waals surface area contributed by atoms with E-state index in [9.17, 15) is 0 Å². The summed E-state index contributed by atoms with van der Waals surface area (Å²) in [7, 11) is 0. The summed E-state index contributed by atoms with van der Waals surface area (Å²) >= 11 is 0. The highest BCUT2D eigenvalue weighted by Gasteiger charge is 2.00. The van der Waals surface area contributed by atoms with Crippen molar-refractivity contribution in [2.24, 2.45) is 5.73 Å². The van der Waals surface area contributed by atoms with Gasteiger partial charge in [0.2, 0.25) is 0 Å². The predicted molar refractivity (Wildman–Crippen MR) is 56.1 cm³/mol. The molecule has 0 heterocycles. The number of hydrogen-bond donors (Lipinski definition) is 2. The van der Waals surface area contributed by atoms with Gasteiger partial charge < -0.3 is 11.1 Å². The standard InChI is InChI=1S/C11H14N2/c1-8-3-4-10(9(2)7-8)11(13)5-6-12/h3-7,13H,12H2,1-2H3/b6-5-,13-11?. The van der Waals surface area contributed by atoms with Crippen molar-refractivity contribution in [2.45, 2.75) is 13.8 Å². The molecule has 0 radical (unpaired) electrons. The van der Waals surface area contributed by atoms with Crippen molar-refractivity contribution in [2.75, 3.05) is 0 Å². The summed E-state index contributed by atoms with van der Waals surface area (Å²) in [5.74, 6) is 0. The molecule has 13 heavy (non-hydrogen) atoms. The first-order valence-electron chi connectivity index (χ1n) is 4.19. The van der Waals surface area contributed by atoms with Crippen LogP contribution in [0.5, 0.6) is 0 Å². The number of nitrogens with one attached hydrogen (secondary N) is 1. The molecule has 0 unspecified atom stereocenters. The van der Waals surface area contributed by atoms with Crippen molar-refractivity contribution in [3.8, 4) is 0 Å². The zero-order valence-corrected chi connectivity index (χ0v) is 7.96. The van der Waals surface area contributed by atoms with Gasteiger partial charge in [0.15, 0.2) is 0 Å². The lowest BCUT2D eigenvalue weighted by Crippen LogP contribution is -1.99. The van der Waals surface area contributed by atoms with Crippen LogP contribution in [-0.2, 0) is 0 Å². The van der Waals surface area contributed by atoms with Crippen LogP contribution in [0.2, 0.25) is 0 Å². The van der Waals surface area contributed by atoms with E-state index in [1.807, 2.05) is 26.0 Å². The number of nitrogens with two attached hydrogens (primary N) is 1. The predicted octanol–water partition coefficient (Wildman–Crippen LogP) is 2.14. The maximum atomic E-state index is 7.67. The lowest BCUT2D eigenvalue weighted by molar-refractivity contribution is 1.35. The Morgan fingerprint density at radius 2 is 2.08 bits per heavy atom. The van der Waals surface area contributed by atoms with Crippen LogP contribution in [0.1, 0.15) is 16.7 Å². The average Bonchev–Trinajstić information content (AvgIpc) is 2.04. The van der Waals surface area contributed by atoms with Gasteiger partial charge in [-0.3, -0.25) is 0 Å². The second-order valence-electron chi connectivity index (χ2n) is 3.09. The first-order valence-corrected chi connectivity index (χ1v) is 4.19. The number of hydrogen-bond acceptors (Lipinski definition) is 2. The molecule has 0 saturated carbocycles. The van der Waals surface area contributed by atoms with E-state index in [1.165, 1.54) is 11.8 Å². The highest BCUT2D eigenvalue weighted by atomic mass is 14.5. The molecule has 0 bridgehead atoms. The molecule has 68 valence electrons. The second kappa shape index (κ2) is 3.90. The van der Waals surface area contributed by atoms with Gasteiger partial charge in [0.25, 0.3) is 0 Å². The van der Waals surface area contributed by atoms with Gasteiger partial charge in [-0.25, -0.2) is 0 Å². The van der Waals surface area contributed by atoms with Gasteiger partial charge in [-0.1, -0.05) is 23.8 Å². The number of allylic oxidation sites excluding steroid dienone is 1. The summed E-state index contributed by atoms with van der Waals surface area (Å²) in [5.41, 5.74) is 8.95. The van der Waals surface area contributed by atoms with Crippen LogP contribution in [0.4, 0.5) is 0 Å². The highest BCUT2D eigenvalue weighted by molar-refractivity contribution is 6.07. The Labute approximate surface area is 78.6 Å². The maximum absolute atomic E-state index is 7.67. The molecule has 1 aromatic rings. The maximum Gasteiger partial charge on any atom is 0.0629 e. The van der Waals surface area contributed by atoms with Crippen molar-refractivity contribution >= 4 is 5.71 Å². The van der Waals surface area contributed by atoms with E-state index in [0.29, 0.717) is 5.71 Å². The Morgan fingerprint density at radius 3 is 2.62 bits per heavy atom. The summed E-state index contributed by atoms with van der Waals surface area (Å²) < 4.78 is 0. The fraction of sp³-hybridized carbons (Fsp3) is 0.182. The minimum absolute atomic E-state index is 0.458. The Morgan fingerprint density at radius 1 is 1.38 bits per heavy atom. The van der Waals surface area contributed by atoms with Gasteiger partial charge in [-0.2, -0.15) is 0 Å². The van der Waals surface area contributed by atoms with Gasteiger partial charge in [0.05, 0.1) is 5.71 Å². The molecule has 0 aromatic heterocycles. The van der Waals surface area contributed by atoms with E-state index in [4.69, 9.17) is 11.1 Å². The first kappa shape index (κ1) is 9.52. The second-order valence-corrected chi connectivity index (χ2v) is 3.09. The average molecular weight is 174 g/mol. The Balaban J connectivity index is 3.09. The fourth-order valence-electron chi connectivity index (χ4n) is 1.30. The topological polar surface area (TPSA) is 49.9 Å². The third-order valence-corrected chi connectivity index (χ3v) is 1.93. The molecule has 0 spiro atoms. The molecule has 1 aromatic carbocycles. The highest BCUT2D eigenvalue weighted by Crippen LogP contribution is 2.11. The third-order valence-electron chi connectivity index (χ3n) is 1.93. The van der Waals surface area contributed by atoms with Crippen LogP contribution < -0.4 is 5.73 Å². The van der Waals surface area contributed by atoms with Crippen molar-refractivity contribution < 1.29 is 0 Å². The molecule has 2 heteroatoms. The lowest BCUT2D eigenvalue weighted by Gasteiger charge is -2.04. The quantitative estimate of drug-likeness (QED) is 0.663. The molecule has 0 aliphatic heterocycles. The summed E-state index contributed by atoms with van der Waals surface area (Å²) in [6.07, 6.45) is 2.99. The van der Waals surface area contributed by atoms with Crippen LogP contribution in [0.15, 0.2) is 30.5 Å². The molecule has 0 aliphatic rings. The zero-order chi connectivity index (χ0) is 9.84. The van der Waals surface area contributed by atoms with E-state index in [-0.39, 0.29) is 0 Å². The molecule has 0 saturated heterocycles. The van der Waals surface area contributed by atoms with E-state index < -0.39 is 0 Å². The number of benzene rings is 1. The minimum atomic E-state index is 0.458. The molecule has 0 atom stereocenters. The number of aryl methyl sites for hydroxylation is 2. The van der Waals surface area contributed by atoms with E-state index in [1.54, 1.807) is 6.08 Å². The van der Waals surface area contributed by atoms with Gasteiger partial charge in [0.1, 0.15) is 0 Å². The Hall–Kier alpha value is -1.57. The largest absolute Gasteiger partial charge is 0.405 e. The molecule has 3 N–H and O–H groups in total. The van der Waals surface area contributed by atoms with E-state index in [0.717, 1.165) is 11.1 Å². The zero-order valence-electron chi connectivity index (χ0n) is 7.96. The molecule has 2 nitrogen and oxygen atoms in total. The van der Waals surface area contributed by atoms with Crippen LogP contribution in [0, 0.1) is 19.3 Å². The first-order chi connectivity index (χ1) is 6.15. The van der Waals surface area contributed by atoms with Gasteiger partial charge in [-0.15, -0.1) is 0 Å². The third kappa shape index (κ3) is 2.18. The lowest BCUT2D eigenvalue weighted by atomic mass is 10.0. The fourth-order valence-corrected chi connectivity index (χ4v) is 1.30. The molecule has 0 fully saturated rings. The van der Waals surface area contributed by atoms with Gasteiger partial charge in [0, 0.05) is 5.56 Å². The summed E-state index contributed by atoms with van der Waals surface area (Å²) in [6.45, 7) is 4.04. The Bertz CT molecular complexity index is 351. The summed E-state index contributed by atoms with van der Waals surface area (Å²) in [5, 5.41) is 7.67. The minimum Gasteiger partial charge on any atom is -0.405 e.